The van der Waals surface area contributed by atoms with E-state index in [9.17, 15) is 9.59 Å². The number of nitrogens with one attached hydrogen (secondary N) is 2. The molecule has 0 aromatic heterocycles. The Labute approximate surface area is 179 Å². The van der Waals surface area contributed by atoms with Gasteiger partial charge in [-0.25, -0.2) is 0 Å². The molecule has 0 saturated carbocycles. The van der Waals surface area contributed by atoms with Gasteiger partial charge in [0.15, 0.2) is 0 Å². The fraction of sp³-hybridized carbons (Fsp3) is 0.440. The van der Waals surface area contributed by atoms with Gasteiger partial charge in [-0.15, -0.1) is 0 Å². The van der Waals surface area contributed by atoms with E-state index in [2.05, 4.69) is 29.4 Å². The number of hydrogen-bond donors (Lipinski definition) is 2. The first-order valence-electron chi connectivity index (χ1n) is 11.0. The lowest BCUT2D eigenvalue weighted by atomic mass is 10.0. The van der Waals surface area contributed by atoms with Crippen molar-refractivity contribution in [2.24, 2.45) is 5.92 Å². The van der Waals surface area contributed by atoms with Crippen LogP contribution in [-0.4, -0.2) is 37.5 Å². The Kier molecular flexibility index (Phi) is 7.50. The van der Waals surface area contributed by atoms with Crippen molar-refractivity contribution in [1.82, 2.24) is 10.6 Å². The Morgan fingerprint density at radius 3 is 2.37 bits per heavy atom. The van der Waals surface area contributed by atoms with Gasteiger partial charge in [-0.05, 0) is 49.9 Å². The molecule has 1 heterocycles. The number of benzene rings is 2. The van der Waals surface area contributed by atoms with Crippen LogP contribution < -0.4 is 15.5 Å². The average molecular weight is 408 g/mol. The van der Waals surface area contributed by atoms with E-state index in [4.69, 9.17) is 0 Å². The highest BCUT2D eigenvalue weighted by atomic mass is 16.2. The van der Waals surface area contributed by atoms with E-state index >= 15 is 0 Å². The van der Waals surface area contributed by atoms with Crippen LogP contribution in [0.2, 0.25) is 0 Å². The molecule has 0 bridgehead atoms. The number of aryl methyl sites for hydroxylation is 1. The number of para-hydroxylation sites is 1. The summed E-state index contributed by atoms with van der Waals surface area (Å²) in [5.41, 5.74) is 3.54. The van der Waals surface area contributed by atoms with Crippen LogP contribution >= 0.6 is 0 Å². The number of carbonyl (C=O) groups is 2. The van der Waals surface area contributed by atoms with Gasteiger partial charge in [0, 0.05) is 36.9 Å². The van der Waals surface area contributed by atoms with Crippen LogP contribution in [0, 0.1) is 12.8 Å². The molecular formula is C25H33N3O2. The Balaban J connectivity index is 1.58. The maximum absolute atomic E-state index is 12.7. The number of rotatable bonds is 7. The minimum atomic E-state index is -0.0155. The highest BCUT2D eigenvalue weighted by Gasteiger charge is 2.24. The maximum atomic E-state index is 12.7. The summed E-state index contributed by atoms with van der Waals surface area (Å²) < 4.78 is 0. The largest absolute Gasteiger partial charge is 0.371 e. The zero-order chi connectivity index (χ0) is 21.5. The van der Waals surface area contributed by atoms with Crippen LogP contribution in [0.3, 0.4) is 0 Å². The van der Waals surface area contributed by atoms with Crippen molar-refractivity contribution in [3.63, 3.8) is 0 Å². The lowest BCUT2D eigenvalue weighted by Crippen LogP contribution is -2.45. The minimum Gasteiger partial charge on any atom is -0.371 e. The molecule has 0 spiro atoms. The van der Waals surface area contributed by atoms with E-state index in [0.717, 1.165) is 49.2 Å². The summed E-state index contributed by atoms with van der Waals surface area (Å²) in [6.07, 6.45) is 2.77. The second-order valence-corrected chi connectivity index (χ2v) is 8.34. The number of amides is 2. The zero-order valence-electron chi connectivity index (χ0n) is 18.3. The number of anilines is 1. The molecule has 0 radical (unpaired) electrons. The summed E-state index contributed by atoms with van der Waals surface area (Å²) in [6.45, 7) is 8.61. The highest BCUT2D eigenvalue weighted by Crippen LogP contribution is 2.24. The number of carbonyl (C=O) groups excluding carboxylic acids is 2. The molecule has 160 valence electrons. The molecule has 2 N–H and O–H groups in total. The van der Waals surface area contributed by atoms with Crippen LogP contribution in [0.15, 0.2) is 48.5 Å². The zero-order valence-corrected chi connectivity index (χ0v) is 18.3. The average Bonchev–Trinajstić information content (AvgIpc) is 2.78. The predicted molar refractivity (Wildman–Crippen MR) is 122 cm³/mol. The van der Waals surface area contributed by atoms with E-state index in [1.54, 1.807) is 0 Å². The summed E-state index contributed by atoms with van der Waals surface area (Å²) in [7, 11) is 0. The molecule has 3 rings (SSSR count). The van der Waals surface area contributed by atoms with Gasteiger partial charge in [-0.2, -0.15) is 0 Å². The first-order chi connectivity index (χ1) is 14.5. The van der Waals surface area contributed by atoms with Gasteiger partial charge in [0.05, 0.1) is 5.56 Å². The standard InChI is InChI=1S/C25H33N3O2/c1-4-18(2)17-26-25(30)22-7-5-6-8-23(22)28-15-13-21(14-16-28)27-24(29)20-11-9-19(3)10-12-20/h5-12,18,21H,4,13-17H2,1-3H3,(H,26,30)(H,27,29)/t18-/m0/s1. The first kappa shape index (κ1) is 21.9. The van der Waals surface area contributed by atoms with Crippen LogP contribution in [0.5, 0.6) is 0 Å². The third-order valence-corrected chi connectivity index (χ3v) is 5.94. The van der Waals surface area contributed by atoms with Gasteiger partial charge in [-0.3, -0.25) is 9.59 Å². The number of piperidine rings is 1. The van der Waals surface area contributed by atoms with E-state index < -0.39 is 0 Å². The van der Waals surface area contributed by atoms with Gasteiger partial charge < -0.3 is 15.5 Å². The lowest BCUT2D eigenvalue weighted by molar-refractivity contribution is 0.0929. The third kappa shape index (κ3) is 5.62. The fourth-order valence-corrected chi connectivity index (χ4v) is 3.69. The van der Waals surface area contributed by atoms with Crippen LogP contribution in [0.4, 0.5) is 5.69 Å². The third-order valence-electron chi connectivity index (χ3n) is 5.94. The normalized spacial score (nSPS) is 15.5. The smallest absolute Gasteiger partial charge is 0.253 e. The molecule has 0 unspecified atom stereocenters. The second-order valence-electron chi connectivity index (χ2n) is 8.34. The van der Waals surface area contributed by atoms with E-state index in [0.29, 0.717) is 18.0 Å². The molecular weight excluding hydrogens is 374 g/mol. The summed E-state index contributed by atoms with van der Waals surface area (Å²) >= 11 is 0. The molecule has 5 heteroatoms. The highest BCUT2D eigenvalue weighted by molar-refractivity contribution is 5.99. The Morgan fingerprint density at radius 1 is 1.03 bits per heavy atom. The molecule has 2 aromatic carbocycles. The van der Waals surface area contributed by atoms with Crippen molar-refractivity contribution in [2.75, 3.05) is 24.5 Å². The monoisotopic (exact) mass is 407 g/mol. The van der Waals surface area contributed by atoms with Crippen molar-refractivity contribution in [3.05, 3.63) is 65.2 Å². The number of nitrogens with zero attached hydrogens (tertiary/aromatic N) is 1. The van der Waals surface area contributed by atoms with Crippen LogP contribution in [0.1, 0.15) is 59.4 Å². The van der Waals surface area contributed by atoms with Gasteiger partial charge in [0.25, 0.3) is 11.8 Å². The number of hydrogen-bond acceptors (Lipinski definition) is 3. The molecule has 1 aliphatic heterocycles. The Bertz CT molecular complexity index is 855. The molecule has 2 amide bonds. The van der Waals surface area contributed by atoms with Gasteiger partial charge in [0.2, 0.25) is 0 Å². The van der Waals surface area contributed by atoms with Gasteiger partial charge >= 0.3 is 0 Å². The predicted octanol–water partition coefficient (Wildman–Crippen LogP) is 4.17. The van der Waals surface area contributed by atoms with Crippen LogP contribution in [-0.2, 0) is 0 Å². The summed E-state index contributed by atoms with van der Waals surface area (Å²) in [5.74, 6) is 0.438. The summed E-state index contributed by atoms with van der Waals surface area (Å²) in [5, 5.41) is 6.22. The fourth-order valence-electron chi connectivity index (χ4n) is 3.69. The summed E-state index contributed by atoms with van der Waals surface area (Å²) in [6, 6.07) is 15.6. The molecule has 5 nitrogen and oxygen atoms in total. The SMILES string of the molecule is CC[C@H](C)CNC(=O)c1ccccc1N1CCC(NC(=O)c2ccc(C)cc2)CC1. The molecule has 0 aliphatic carbocycles. The van der Waals surface area contributed by atoms with E-state index in [1.165, 1.54) is 0 Å². The molecule has 30 heavy (non-hydrogen) atoms. The molecule has 1 atom stereocenters. The van der Waals surface area contributed by atoms with Crippen molar-refractivity contribution < 1.29 is 9.59 Å². The lowest BCUT2D eigenvalue weighted by Gasteiger charge is -2.35. The van der Waals surface area contributed by atoms with Crippen LogP contribution in [0.25, 0.3) is 0 Å². The van der Waals surface area contributed by atoms with Gasteiger partial charge in [-0.1, -0.05) is 50.1 Å². The first-order valence-corrected chi connectivity index (χ1v) is 11.0. The Hall–Kier alpha value is -2.82. The van der Waals surface area contributed by atoms with Gasteiger partial charge in [0.1, 0.15) is 0 Å². The van der Waals surface area contributed by atoms with Crippen molar-refractivity contribution in [2.45, 2.75) is 46.1 Å². The second kappa shape index (κ2) is 10.3. The Morgan fingerprint density at radius 2 is 1.70 bits per heavy atom. The van der Waals surface area contributed by atoms with E-state index in [1.807, 2.05) is 55.5 Å². The molecule has 1 fully saturated rings. The van der Waals surface area contributed by atoms with Crippen molar-refractivity contribution >= 4 is 17.5 Å². The topological polar surface area (TPSA) is 61.4 Å². The molecule has 2 aromatic rings. The molecule has 1 aliphatic rings. The van der Waals surface area contributed by atoms with Crippen molar-refractivity contribution in [1.29, 1.82) is 0 Å². The quantitative estimate of drug-likeness (QED) is 0.724. The van der Waals surface area contributed by atoms with E-state index in [-0.39, 0.29) is 17.9 Å². The molecule has 1 saturated heterocycles. The minimum absolute atomic E-state index is 0.0132. The maximum Gasteiger partial charge on any atom is 0.253 e. The summed E-state index contributed by atoms with van der Waals surface area (Å²) in [4.78, 5) is 27.5. The van der Waals surface area contributed by atoms with Crippen molar-refractivity contribution in [3.8, 4) is 0 Å².